The predicted molar refractivity (Wildman–Crippen MR) is 105 cm³/mol. The summed E-state index contributed by atoms with van der Waals surface area (Å²) < 4.78 is 11.4. The number of hydrogen-bond donors (Lipinski definition) is 0. The van der Waals surface area contributed by atoms with Crippen molar-refractivity contribution in [2.24, 2.45) is 0 Å². The quantitative estimate of drug-likeness (QED) is 0.450. The molecule has 0 atom stereocenters. The summed E-state index contributed by atoms with van der Waals surface area (Å²) in [5, 5.41) is 3.36. The molecule has 0 bridgehead atoms. The van der Waals surface area contributed by atoms with E-state index in [4.69, 9.17) is 9.15 Å². The third-order valence-electron chi connectivity index (χ3n) is 4.60. The number of benzene rings is 3. The van der Waals surface area contributed by atoms with Gasteiger partial charge in [-0.25, -0.2) is 4.79 Å². The Morgan fingerprint density at radius 1 is 0.885 bits per heavy atom. The van der Waals surface area contributed by atoms with Crippen molar-refractivity contribution in [2.45, 2.75) is 26.4 Å². The summed E-state index contributed by atoms with van der Waals surface area (Å²) in [7, 11) is 0. The smallest absolute Gasteiger partial charge is 0.336 e. The first kappa shape index (κ1) is 16.4. The molecule has 130 valence electrons. The Morgan fingerprint density at radius 3 is 2.62 bits per heavy atom. The maximum Gasteiger partial charge on any atom is 0.336 e. The van der Waals surface area contributed by atoms with E-state index in [2.05, 4.69) is 31.2 Å². The van der Waals surface area contributed by atoms with Crippen LogP contribution in [-0.4, -0.2) is 0 Å². The topological polar surface area (TPSA) is 39.4 Å². The highest BCUT2D eigenvalue weighted by molar-refractivity contribution is 5.85. The molecule has 0 aliphatic heterocycles. The van der Waals surface area contributed by atoms with Crippen molar-refractivity contribution in [3.05, 3.63) is 88.3 Å². The van der Waals surface area contributed by atoms with Crippen molar-refractivity contribution in [2.75, 3.05) is 0 Å². The minimum atomic E-state index is -0.313. The van der Waals surface area contributed by atoms with E-state index in [0.717, 1.165) is 29.4 Å². The van der Waals surface area contributed by atoms with Gasteiger partial charge in [-0.15, -0.1) is 0 Å². The lowest BCUT2D eigenvalue weighted by molar-refractivity contribution is 0.307. The van der Waals surface area contributed by atoms with Crippen LogP contribution >= 0.6 is 0 Å². The maximum absolute atomic E-state index is 11.8. The molecule has 0 aliphatic rings. The molecule has 0 saturated heterocycles. The van der Waals surface area contributed by atoms with Crippen molar-refractivity contribution in [1.82, 2.24) is 0 Å². The minimum Gasteiger partial charge on any atom is -0.489 e. The predicted octanol–water partition coefficient (Wildman–Crippen LogP) is 5.48. The molecule has 0 N–H and O–H groups in total. The summed E-state index contributed by atoms with van der Waals surface area (Å²) >= 11 is 0. The van der Waals surface area contributed by atoms with E-state index in [1.807, 2.05) is 30.3 Å². The first-order valence-corrected chi connectivity index (χ1v) is 8.91. The van der Waals surface area contributed by atoms with Crippen molar-refractivity contribution in [1.29, 1.82) is 0 Å². The minimum absolute atomic E-state index is 0.313. The van der Waals surface area contributed by atoms with E-state index >= 15 is 0 Å². The Kier molecular flexibility index (Phi) is 4.44. The van der Waals surface area contributed by atoms with Gasteiger partial charge in [0.05, 0.1) is 0 Å². The van der Waals surface area contributed by atoms with Crippen LogP contribution in [0.3, 0.4) is 0 Å². The Hall–Kier alpha value is -3.07. The average Bonchev–Trinajstić information content (AvgIpc) is 2.66. The second-order valence-electron chi connectivity index (χ2n) is 6.43. The monoisotopic (exact) mass is 344 g/mol. The van der Waals surface area contributed by atoms with E-state index in [1.54, 1.807) is 12.1 Å². The fourth-order valence-electron chi connectivity index (χ4n) is 3.36. The van der Waals surface area contributed by atoms with Gasteiger partial charge in [-0.3, -0.25) is 0 Å². The van der Waals surface area contributed by atoms with Gasteiger partial charge < -0.3 is 9.15 Å². The van der Waals surface area contributed by atoms with Gasteiger partial charge in [0.2, 0.25) is 0 Å². The largest absolute Gasteiger partial charge is 0.489 e. The second kappa shape index (κ2) is 7.04. The zero-order valence-corrected chi connectivity index (χ0v) is 14.7. The number of ether oxygens (including phenoxy) is 1. The Labute approximate surface area is 151 Å². The summed E-state index contributed by atoms with van der Waals surface area (Å²) in [6.45, 7) is 2.56. The van der Waals surface area contributed by atoms with Crippen LogP contribution in [0.5, 0.6) is 5.75 Å². The molecule has 1 heterocycles. The molecule has 0 amide bonds. The molecule has 0 radical (unpaired) electrons. The fourth-order valence-corrected chi connectivity index (χ4v) is 3.36. The van der Waals surface area contributed by atoms with Crippen LogP contribution in [0.4, 0.5) is 0 Å². The summed E-state index contributed by atoms with van der Waals surface area (Å²) in [6.07, 6.45) is 1.84. The molecule has 3 heteroatoms. The second-order valence-corrected chi connectivity index (χ2v) is 6.43. The highest BCUT2D eigenvalue weighted by Crippen LogP contribution is 2.25. The molecule has 26 heavy (non-hydrogen) atoms. The lowest BCUT2D eigenvalue weighted by atomic mass is 10.1. The van der Waals surface area contributed by atoms with Crippen molar-refractivity contribution >= 4 is 21.7 Å². The summed E-state index contributed by atoms with van der Waals surface area (Å²) in [6, 6.07) is 21.8. The molecular weight excluding hydrogens is 324 g/mol. The van der Waals surface area contributed by atoms with Crippen LogP contribution in [0.25, 0.3) is 21.7 Å². The summed E-state index contributed by atoms with van der Waals surface area (Å²) in [4.78, 5) is 11.8. The van der Waals surface area contributed by atoms with Crippen molar-refractivity contribution in [3.63, 3.8) is 0 Å². The Bertz CT molecular complexity index is 1120. The average molecular weight is 344 g/mol. The number of rotatable bonds is 5. The zero-order valence-electron chi connectivity index (χ0n) is 14.7. The van der Waals surface area contributed by atoms with Gasteiger partial charge in [0.1, 0.15) is 17.9 Å². The van der Waals surface area contributed by atoms with Gasteiger partial charge in [0.15, 0.2) is 0 Å². The normalized spacial score (nSPS) is 11.1. The van der Waals surface area contributed by atoms with E-state index in [1.165, 1.54) is 10.8 Å². The Balaban J connectivity index is 1.64. The van der Waals surface area contributed by atoms with Gasteiger partial charge in [0, 0.05) is 17.5 Å². The van der Waals surface area contributed by atoms with Crippen molar-refractivity contribution < 1.29 is 9.15 Å². The van der Waals surface area contributed by atoms with Gasteiger partial charge in [-0.1, -0.05) is 55.8 Å². The number of fused-ring (bicyclic) bond motifs is 2. The number of aryl methyl sites for hydroxylation is 1. The van der Waals surface area contributed by atoms with E-state index in [-0.39, 0.29) is 5.63 Å². The van der Waals surface area contributed by atoms with Crippen LogP contribution in [0.2, 0.25) is 0 Å². The molecule has 4 rings (SSSR count). The summed E-state index contributed by atoms with van der Waals surface area (Å²) in [5.41, 5.74) is 2.42. The standard InChI is InChI=1S/C23H20O3/c1-2-6-17-13-23(24)26-22-14-19(11-12-21(17)22)25-15-18-9-5-8-16-7-3-4-10-20(16)18/h3-5,7-14H,2,6,15H2,1H3. The molecular formula is C23H20O3. The maximum atomic E-state index is 11.8. The van der Waals surface area contributed by atoms with Crippen LogP contribution in [0.1, 0.15) is 24.5 Å². The molecule has 0 unspecified atom stereocenters. The highest BCUT2D eigenvalue weighted by atomic mass is 16.5. The van der Waals surface area contributed by atoms with E-state index in [9.17, 15) is 4.79 Å². The van der Waals surface area contributed by atoms with Crippen LogP contribution < -0.4 is 10.4 Å². The molecule has 0 saturated carbocycles. The van der Waals surface area contributed by atoms with Crippen LogP contribution in [0.15, 0.2) is 75.9 Å². The number of hydrogen-bond acceptors (Lipinski definition) is 3. The van der Waals surface area contributed by atoms with Crippen LogP contribution in [-0.2, 0) is 13.0 Å². The first-order chi connectivity index (χ1) is 12.7. The lowest BCUT2D eigenvalue weighted by Crippen LogP contribution is -2.01. The van der Waals surface area contributed by atoms with E-state index < -0.39 is 0 Å². The highest BCUT2D eigenvalue weighted by Gasteiger charge is 2.07. The van der Waals surface area contributed by atoms with Crippen LogP contribution in [0, 0.1) is 0 Å². The van der Waals surface area contributed by atoms with Gasteiger partial charge >= 0.3 is 5.63 Å². The first-order valence-electron chi connectivity index (χ1n) is 8.91. The Morgan fingerprint density at radius 2 is 1.73 bits per heavy atom. The third-order valence-corrected chi connectivity index (χ3v) is 4.60. The molecule has 4 aromatic rings. The SMILES string of the molecule is CCCc1cc(=O)oc2cc(OCc3cccc4ccccc34)ccc12. The van der Waals surface area contributed by atoms with Gasteiger partial charge in [-0.2, -0.15) is 0 Å². The fraction of sp³-hybridized carbons (Fsp3) is 0.174. The molecule has 1 aromatic heterocycles. The molecule has 3 aromatic carbocycles. The zero-order chi connectivity index (χ0) is 17.9. The van der Waals surface area contributed by atoms with Gasteiger partial charge in [0.25, 0.3) is 0 Å². The third kappa shape index (κ3) is 3.21. The molecule has 0 aliphatic carbocycles. The van der Waals surface area contributed by atoms with Gasteiger partial charge in [-0.05, 0) is 40.5 Å². The lowest BCUT2D eigenvalue weighted by Gasteiger charge is -2.10. The molecule has 3 nitrogen and oxygen atoms in total. The molecule has 0 spiro atoms. The molecule has 0 fully saturated rings. The van der Waals surface area contributed by atoms with E-state index in [0.29, 0.717) is 17.9 Å². The van der Waals surface area contributed by atoms with Crippen molar-refractivity contribution in [3.8, 4) is 5.75 Å². The summed E-state index contributed by atoms with van der Waals surface area (Å²) in [5.74, 6) is 0.697.